The fraction of sp³-hybridized carbons (Fsp3) is 0. The van der Waals surface area contributed by atoms with Crippen LogP contribution in [0.3, 0.4) is 0 Å². The molecule has 0 N–H and O–H groups in total. The molecule has 1 radical (unpaired) electrons. The van der Waals surface area contributed by atoms with Gasteiger partial charge in [-0.1, -0.05) is 4.20 Å². The van der Waals surface area contributed by atoms with Crippen molar-refractivity contribution in [1.29, 1.82) is 2.56 Å². The summed E-state index contributed by atoms with van der Waals surface area (Å²) in [6.07, 6.45) is 0. The molecule has 0 amide bonds. The van der Waals surface area contributed by atoms with Crippen LogP contribution >= 0.6 is 17.1 Å². The smallest absolute Gasteiger partial charge is 0.180 e. The fourth-order valence-corrected chi connectivity index (χ4v) is 0. The summed E-state index contributed by atoms with van der Waals surface area (Å²) >= 11 is 0. The largest absolute Gasteiger partial charge is 0.311 e. The minimum atomic E-state index is -3.14. The molecule has 0 nitrogen and oxygen atoms in total. The normalized spacial score (nSPS) is 24.4. The first-order valence-corrected chi connectivity index (χ1v) is 3.09. The van der Waals surface area contributed by atoms with Gasteiger partial charge in [-0.3, -0.25) is 0 Å². The minimum Gasteiger partial charge on any atom is -0.180 e. The Labute approximate surface area is 47.2 Å². The second-order valence-electron chi connectivity index (χ2n) is 0.169. The third-order valence-electron chi connectivity index (χ3n) is 0.0319. The van der Waals surface area contributed by atoms with Gasteiger partial charge in [0.25, 0.3) is 8.53 Å². The first-order valence-electron chi connectivity index (χ1n) is 1.53. The van der Waals surface area contributed by atoms with Gasteiger partial charge >= 0.3 is 1.28 Å². The van der Waals surface area contributed by atoms with Crippen LogP contribution in [0.5, 0.6) is 0 Å². The van der Waals surface area contributed by atoms with Gasteiger partial charge in [-0.05, 0) is 0 Å². The molecule has 0 aromatic carbocycles. The summed E-state index contributed by atoms with van der Waals surface area (Å²) in [6, 6.07) is 0. The topological polar surface area (TPSA) is 0 Å². The van der Waals surface area contributed by atoms with E-state index in [1.54, 1.807) is 0 Å². The summed E-state index contributed by atoms with van der Waals surface area (Å²) in [7, 11) is -5.94. The van der Waals surface area contributed by atoms with E-state index >= 15 is 0 Å². The van der Waals surface area contributed by atoms with E-state index in [0.29, 0.717) is 0 Å². The van der Waals surface area contributed by atoms with Crippen molar-refractivity contribution in [2.24, 2.45) is 0 Å². The molecule has 0 aromatic heterocycles. The maximum atomic E-state index is 11.1. The summed E-state index contributed by atoms with van der Waals surface area (Å²) in [4.78, 5) is 0. The van der Waals surface area contributed by atoms with Gasteiger partial charge in [-0.15, -0.1) is 0 Å². The van der Waals surface area contributed by atoms with Gasteiger partial charge in [0.15, 0.2) is 0 Å². The number of hydrogen-bond acceptors (Lipinski definition) is 0. The molecule has 0 bridgehead atoms. The Morgan fingerprint density at radius 2 is 2.40 bits per heavy atom. The Balaban J connectivity index is 0. The zero-order chi connectivity index (χ0) is 5.15. The van der Waals surface area contributed by atoms with E-state index in [2.05, 4.69) is 0 Å². The molecule has 0 fully saturated rings. The van der Waals surface area contributed by atoms with Gasteiger partial charge in [0, 0.05) is 18.6 Å². The van der Waals surface area contributed by atoms with E-state index in [-0.39, 0.29) is 18.6 Å². The second kappa shape index (κ2) is 9.00. The van der Waals surface area contributed by atoms with Crippen molar-refractivity contribution in [1.82, 2.24) is 0 Å². The first-order chi connectivity index (χ1) is 2.64. The number of rotatable bonds is 1. The molecule has 5 heteroatoms. The van der Waals surface area contributed by atoms with Crippen LogP contribution in [0, 0.1) is 0 Å². The molecule has 2 atom stereocenters. The van der Waals surface area contributed by atoms with Gasteiger partial charge in [-0.25, -0.2) is 0 Å². The summed E-state index contributed by atoms with van der Waals surface area (Å²) in [6.45, 7) is 0. The van der Waals surface area contributed by atoms with E-state index in [0.717, 1.165) is 0 Å². The maximum Gasteiger partial charge on any atom is 0.311 e. The summed E-state index contributed by atoms with van der Waals surface area (Å²) in [5.41, 5.74) is 0. The zero-order valence-corrected chi connectivity index (χ0v) is 5.44. The molecule has 0 aromatic rings. The quantitative estimate of drug-likeness (QED) is 0.510. The van der Waals surface area contributed by atoms with Gasteiger partial charge in [-0.2, -0.15) is 4.20 Å². The van der Waals surface area contributed by atoms with E-state index < -0.39 is 17.1 Å². The SMILES string of the molecule is [3H]P(F)[PH+]([3H])F.[V]. The monoisotopic (exact) mass is 158 g/mol. The molecule has 5 heavy (non-hydrogen) atoms. The summed E-state index contributed by atoms with van der Waals surface area (Å²) in [5, 5.41) is 0. The molecule has 0 saturated carbocycles. The van der Waals surface area contributed by atoms with E-state index in [1.165, 1.54) is 0 Å². The third kappa shape index (κ3) is 10.9. The molecule has 0 spiro atoms. The Kier molecular flexibility index (Phi) is 8.03. The molecule has 0 aliphatic rings. The van der Waals surface area contributed by atoms with Crippen molar-refractivity contribution in [3.8, 4) is 0 Å². The Morgan fingerprint density at radius 1 is 2.20 bits per heavy atom. The Hall–Kier alpha value is 1.30. The summed E-state index contributed by atoms with van der Waals surface area (Å²) < 4.78 is 33.9. The number of hydrogen-bond donors (Lipinski definition) is 0. The van der Waals surface area contributed by atoms with Gasteiger partial charge in [0.2, 0.25) is 8.53 Å². The predicted octanol–water partition coefficient (Wildman–Crippen LogP) is 1.76. The third-order valence-corrected chi connectivity index (χ3v) is 0.287. The van der Waals surface area contributed by atoms with Crippen LogP contribution < -0.4 is 0 Å². The summed E-state index contributed by atoms with van der Waals surface area (Å²) in [5.74, 6) is 0. The molecular formula is H3F2P2V+. The van der Waals surface area contributed by atoms with Gasteiger partial charge in [0.05, 0.1) is 0 Å². The molecular weight excluding hydrogens is 151 g/mol. The van der Waals surface area contributed by atoms with Crippen molar-refractivity contribution >= 4 is 17.1 Å². The van der Waals surface area contributed by atoms with Crippen molar-refractivity contribution in [3.05, 3.63) is 0 Å². The van der Waals surface area contributed by atoms with Crippen LogP contribution in [0.1, 0.15) is 0 Å². The van der Waals surface area contributed by atoms with Crippen LogP contribution in [-0.2, 0) is 18.6 Å². The molecule has 0 heterocycles. The molecule has 0 rings (SSSR count). The average Bonchev–Trinajstić information content (AvgIpc) is 1.36. The Morgan fingerprint density at radius 3 is 2.40 bits per heavy atom. The standard InChI is InChI=1S/F2H2P2.V/c1-3-4-2;/h3-4H;/p+1/i3T,4T;. The average molecular weight is 158 g/mol. The molecule has 2 unspecified atom stereocenters. The van der Waals surface area contributed by atoms with E-state index in [9.17, 15) is 8.39 Å². The second-order valence-corrected chi connectivity index (χ2v) is 1.52. The van der Waals surface area contributed by atoms with Crippen LogP contribution in [0.25, 0.3) is 0 Å². The fourth-order valence-electron chi connectivity index (χ4n) is 0. The maximum absolute atomic E-state index is 11.1. The molecule has 31 valence electrons. The minimum absolute atomic E-state index is 0. The molecule has 0 saturated heterocycles. The number of halogens is 2. The van der Waals surface area contributed by atoms with Gasteiger partial charge < -0.3 is 0 Å². The van der Waals surface area contributed by atoms with Crippen molar-refractivity contribution < 1.29 is 26.9 Å². The Bertz CT molecular complexity index is 34.7. The van der Waals surface area contributed by atoms with Crippen molar-refractivity contribution in [2.45, 2.75) is 0 Å². The first kappa shape index (κ1) is 4.46. The van der Waals surface area contributed by atoms with E-state index in [4.69, 9.17) is 2.56 Å². The van der Waals surface area contributed by atoms with E-state index in [1.807, 2.05) is 0 Å². The van der Waals surface area contributed by atoms with Gasteiger partial charge in [0.1, 0.15) is 1.28 Å². The van der Waals surface area contributed by atoms with Crippen LogP contribution in [0.2, 0.25) is 0 Å². The van der Waals surface area contributed by atoms with Crippen LogP contribution in [0.4, 0.5) is 8.39 Å². The van der Waals surface area contributed by atoms with Crippen molar-refractivity contribution in [3.63, 3.8) is 0 Å². The molecule has 0 aliphatic carbocycles. The zero-order valence-electron chi connectivity index (χ0n) is 4.15. The predicted molar refractivity (Wildman–Crippen MR) is 20.2 cm³/mol. The molecule has 0 aliphatic heterocycles. The van der Waals surface area contributed by atoms with Crippen LogP contribution in [-0.4, -0.2) is 2.56 Å². The van der Waals surface area contributed by atoms with Crippen molar-refractivity contribution in [2.75, 3.05) is 0 Å². The van der Waals surface area contributed by atoms with Crippen LogP contribution in [0.15, 0.2) is 0 Å².